The van der Waals surface area contributed by atoms with Gasteiger partial charge in [-0.3, -0.25) is 4.79 Å². The smallest absolute Gasteiger partial charge is 0.225 e. The highest BCUT2D eigenvalue weighted by molar-refractivity contribution is 5.81. The molecule has 1 N–H and O–H groups in total. The van der Waals surface area contributed by atoms with E-state index in [1.165, 1.54) is 0 Å². The van der Waals surface area contributed by atoms with Crippen LogP contribution in [-0.4, -0.2) is 35.2 Å². The number of hydrogen-bond acceptors (Lipinski definition) is 4. The van der Waals surface area contributed by atoms with Crippen molar-refractivity contribution in [2.75, 3.05) is 18.0 Å². The van der Waals surface area contributed by atoms with E-state index in [9.17, 15) is 4.79 Å². The number of hydrogen-bond donors (Lipinski definition) is 1. The van der Waals surface area contributed by atoms with Crippen LogP contribution in [0.3, 0.4) is 0 Å². The number of nitrogens with one attached hydrogen (secondary N) is 1. The standard InChI is InChI=1S/C18H30N4O/c1-17(2,3)14-9-10-15(21-20-14)22-11-7-8-13(12-22)19-16(23)18(4,5)6/h9-10,13H,7-8,11-12H2,1-6H3,(H,19,23). The molecule has 0 saturated carbocycles. The van der Waals surface area contributed by atoms with Gasteiger partial charge in [0.1, 0.15) is 0 Å². The monoisotopic (exact) mass is 318 g/mol. The van der Waals surface area contributed by atoms with Crippen molar-refractivity contribution in [1.82, 2.24) is 15.5 Å². The molecule has 0 spiro atoms. The molecule has 0 aliphatic carbocycles. The lowest BCUT2D eigenvalue weighted by molar-refractivity contribution is -0.129. The van der Waals surface area contributed by atoms with Gasteiger partial charge in [-0.2, -0.15) is 5.10 Å². The summed E-state index contributed by atoms with van der Waals surface area (Å²) in [7, 11) is 0. The molecule has 0 radical (unpaired) electrons. The molecular formula is C18H30N4O. The largest absolute Gasteiger partial charge is 0.353 e. The van der Waals surface area contributed by atoms with Crippen LogP contribution in [-0.2, 0) is 10.2 Å². The Hall–Kier alpha value is -1.65. The van der Waals surface area contributed by atoms with Gasteiger partial charge in [-0.1, -0.05) is 41.5 Å². The van der Waals surface area contributed by atoms with Gasteiger partial charge in [0.25, 0.3) is 0 Å². The Morgan fingerprint density at radius 1 is 1.17 bits per heavy atom. The van der Waals surface area contributed by atoms with E-state index >= 15 is 0 Å². The minimum atomic E-state index is -0.351. The molecule has 2 heterocycles. The molecule has 5 nitrogen and oxygen atoms in total. The van der Waals surface area contributed by atoms with Gasteiger partial charge in [-0.25, -0.2) is 0 Å². The zero-order valence-electron chi connectivity index (χ0n) is 15.3. The second-order valence-electron chi connectivity index (χ2n) is 8.54. The first kappa shape index (κ1) is 17.7. The zero-order chi connectivity index (χ0) is 17.3. The first-order valence-electron chi connectivity index (χ1n) is 8.47. The summed E-state index contributed by atoms with van der Waals surface area (Å²) < 4.78 is 0. The molecule has 23 heavy (non-hydrogen) atoms. The van der Waals surface area contributed by atoms with Gasteiger partial charge < -0.3 is 10.2 Å². The normalized spacial score (nSPS) is 19.6. The number of nitrogens with zero attached hydrogens (tertiary/aromatic N) is 3. The van der Waals surface area contributed by atoms with Crippen LogP contribution in [0.1, 0.15) is 60.1 Å². The fraction of sp³-hybridized carbons (Fsp3) is 0.722. The second kappa shape index (κ2) is 6.46. The maximum Gasteiger partial charge on any atom is 0.225 e. The quantitative estimate of drug-likeness (QED) is 0.911. The van der Waals surface area contributed by atoms with Crippen molar-refractivity contribution < 1.29 is 4.79 Å². The molecule has 0 bridgehead atoms. The fourth-order valence-electron chi connectivity index (χ4n) is 2.60. The number of amides is 1. The maximum absolute atomic E-state index is 12.2. The number of anilines is 1. The average molecular weight is 318 g/mol. The Balaban J connectivity index is 2.02. The Morgan fingerprint density at radius 3 is 2.39 bits per heavy atom. The summed E-state index contributed by atoms with van der Waals surface area (Å²) in [5.41, 5.74) is 0.656. The molecule has 1 unspecified atom stereocenters. The van der Waals surface area contributed by atoms with Crippen LogP contribution in [0, 0.1) is 5.41 Å². The number of carbonyl (C=O) groups is 1. The van der Waals surface area contributed by atoms with Crippen LogP contribution in [0.2, 0.25) is 0 Å². The van der Waals surface area contributed by atoms with Crippen LogP contribution >= 0.6 is 0 Å². The van der Waals surface area contributed by atoms with Gasteiger partial charge in [-0.05, 0) is 25.0 Å². The van der Waals surface area contributed by atoms with Gasteiger partial charge in [0.2, 0.25) is 5.91 Å². The molecular weight excluding hydrogens is 288 g/mol. The molecule has 1 fully saturated rings. The van der Waals surface area contributed by atoms with E-state index < -0.39 is 0 Å². The van der Waals surface area contributed by atoms with Crippen LogP contribution in [0.25, 0.3) is 0 Å². The molecule has 1 aromatic heterocycles. The van der Waals surface area contributed by atoms with Crippen molar-refractivity contribution in [3.05, 3.63) is 17.8 Å². The van der Waals surface area contributed by atoms with Crippen molar-refractivity contribution >= 4 is 11.7 Å². The van der Waals surface area contributed by atoms with E-state index in [4.69, 9.17) is 0 Å². The first-order chi connectivity index (χ1) is 10.6. The molecule has 1 amide bonds. The minimum Gasteiger partial charge on any atom is -0.353 e. The van der Waals surface area contributed by atoms with Crippen LogP contribution in [0.4, 0.5) is 5.82 Å². The zero-order valence-corrected chi connectivity index (χ0v) is 15.3. The number of rotatable bonds is 2. The van der Waals surface area contributed by atoms with Crippen molar-refractivity contribution in [1.29, 1.82) is 0 Å². The van der Waals surface area contributed by atoms with Crippen LogP contribution in [0.15, 0.2) is 12.1 Å². The van der Waals surface area contributed by atoms with Crippen LogP contribution in [0.5, 0.6) is 0 Å². The van der Waals surface area contributed by atoms with E-state index in [0.717, 1.165) is 37.4 Å². The Bertz CT molecular complexity index is 540. The SMILES string of the molecule is CC(C)(C)C(=O)NC1CCCN(c2ccc(C(C)(C)C)nn2)C1. The highest BCUT2D eigenvalue weighted by Crippen LogP contribution is 2.23. The fourth-order valence-corrected chi connectivity index (χ4v) is 2.60. The minimum absolute atomic E-state index is 0.0106. The third kappa shape index (κ3) is 4.66. The van der Waals surface area contributed by atoms with Gasteiger partial charge in [0.05, 0.1) is 5.69 Å². The average Bonchev–Trinajstić information content (AvgIpc) is 2.46. The van der Waals surface area contributed by atoms with Gasteiger partial charge in [0, 0.05) is 30.0 Å². The summed E-state index contributed by atoms with van der Waals surface area (Å²) in [4.78, 5) is 14.4. The summed E-state index contributed by atoms with van der Waals surface area (Å²) >= 11 is 0. The summed E-state index contributed by atoms with van der Waals surface area (Å²) in [6.45, 7) is 14.0. The number of carbonyl (C=O) groups excluding carboxylic acids is 1. The molecule has 1 aliphatic rings. The molecule has 1 saturated heterocycles. The van der Waals surface area contributed by atoms with Crippen molar-refractivity contribution in [2.45, 2.75) is 65.8 Å². The molecule has 1 atom stereocenters. The topological polar surface area (TPSA) is 58.1 Å². The van der Waals surface area contributed by atoms with Gasteiger partial charge >= 0.3 is 0 Å². The van der Waals surface area contributed by atoms with Crippen molar-refractivity contribution in [3.8, 4) is 0 Å². The van der Waals surface area contributed by atoms with E-state index in [1.54, 1.807) is 0 Å². The Kier molecular flexibility index (Phi) is 4.97. The molecule has 0 aromatic carbocycles. The highest BCUT2D eigenvalue weighted by Gasteiger charge is 2.27. The van der Waals surface area contributed by atoms with Crippen molar-refractivity contribution in [2.24, 2.45) is 5.41 Å². The Morgan fingerprint density at radius 2 is 1.87 bits per heavy atom. The van der Waals surface area contributed by atoms with Gasteiger partial charge in [0.15, 0.2) is 5.82 Å². The van der Waals surface area contributed by atoms with Crippen molar-refractivity contribution in [3.63, 3.8) is 0 Å². The van der Waals surface area contributed by atoms with E-state index in [-0.39, 0.29) is 22.8 Å². The van der Waals surface area contributed by atoms with E-state index in [1.807, 2.05) is 26.8 Å². The lowest BCUT2D eigenvalue weighted by Gasteiger charge is -2.35. The van der Waals surface area contributed by atoms with E-state index in [0.29, 0.717) is 0 Å². The maximum atomic E-state index is 12.2. The molecule has 1 aromatic rings. The first-order valence-corrected chi connectivity index (χ1v) is 8.47. The number of piperidine rings is 1. The highest BCUT2D eigenvalue weighted by atomic mass is 16.2. The lowest BCUT2D eigenvalue weighted by atomic mass is 9.92. The lowest BCUT2D eigenvalue weighted by Crippen LogP contribution is -2.50. The molecule has 2 rings (SSSR count). The third-order valence-corrected chi connectivity index (χ3v) is 4.18. The van der Waals surface area contributed by atoms with E-state index in [2.05, 4.69) is 47.3 Å². The summed E-state index contributed by atoms with van der Waals surface area (Å²) in [5, 5.41) is 11.9. The summed E-state index contributed by atoms with van der Waals surface area (Å²) in [5.74, 6) is 1.01. The predicted molar refractivity (Wildman–Crippen MR) is 93.6 cm³/mol. The summed E-state index contributed by atoms with van der Waals surface area (Å²) in [6.07, 6.45) is 2.07. The number of aromatic nitrogens is 2. The predicted octanol–water partition coefficient (Wildman–Crippen LogP) is 2.91. The molecule has 128 valence electrons. The summed E-state index contributed by atoms with van der Waals surface area (Å²) in [6, 6.07) is 4.28. The Labute approximate surface area is 139 Å². The molecule has 5 heteroatoms. The third-order valence-electron chi connectivity index (χ3n) is 4.18. The van der Waals surface area contributed by atoms with Gasteiger partial charge in [-0.15, -0.1) is 5.10 Å². The van der Waals surface area contributed by atoms with Crippen LogP contribution < -0.4 is 10.2 Å². The molecule has 1 aliphatic heterocycles. The second-order valence-corrected chi connectivity index (χ2v) is 8.54.